The topological polar surface area (TPSA) is 114 Å². The van der Waals surface area contributed by atoms with Gasteiger partial charge in [-0.1, -0.05) is 41.2 Å². The number of hydrogen-bond acceptors (Lipinski definition) is 7. The molecule has 3 aromatic rings. The van der Waals surface area contributed by atoms with Gasteiger partial charge >= 0.3 is 0 Å². The molecule has 9 nitrogen and oxygen atoms in total. The number of hydrogen-bond donors (Lipinski definition) is 2. The summed E-state index contributed by atoms with van der Waals surface area (Å²) >= 11 is 0.972. The molecule has 0 unspecified atom stereocenters. The number of nitrogens with zero attached hydrogens (tertiary/aromatic N) is 3. The van der Waals surface area contributed by atoms with Crippen LogP contribution >= 0.6 is 11.3 Å². The van der Waals surface area contributed by atoms with Crippen molar-refractivity contribution in [1.29, 1.82) is 0 Å². The van der Waals surface area contributed by atoms with Crippen LogP contribution in [-0.4, -0.2) is 53.0 Å². The van der Waals surface area contributed by atoms with E-state index in [0.717, 1.165) is 29.7 Å². The van der Waals surface area contributed by atoms with Crippen LogP contribution in [0.25, 0.3) is 0 Å². The summed E-state index contributed by atoms with van der Waals surface area (Å²) in [5.41, 5.74) is 2.85. The average molecular weight is 508 g/mol. The Morgan fingerprint density at radius 3 is 2.33 bits per heavy atom. The van der Waals surface area contributed by atoms with Gasteiger partial charge in [-0.15, -0.1) is 10.2 Å². The monoisotopic (exact) mass is 507 g/mol. The zero-order valence-electron chi connectivity index (χ0n) is 20.3. The number of likely N-dealkylation sites (tertiary alicyclic amines) is 1. The molecule has 3 amide bonds. The number of carbonyl (C=O) groups is 3. The fourth-order valence-corrected chi connectivity index (χ4v) is 4.68. The van der Waals surface area contributed by atoms with Gasteiger partial charge in [-0.05, 0) is 55.5 Å². The molecule has 1 saturated heterocycles. The van der Waals surface area contributed by atoms with E-state index in [1.807, 2.05) is 31.2 Å². The van der Waals surface area contributed by atoms with E-state index in [2.05, 4.69) is 20.8 Å². The molecule has 4 rings (SSSR count). The van der Waals surface area contributed by atoms with Crippen molar-refractivity contribution in [3.63, 3.8) is 0 Å². The molecule has 0 radical (unpaired) electrons. The zero-order valence-corrected chi connectivity index (χ0v) is 21.1. The van der Waals surface area contributed by atoms with Crippen molar-refractivity contribution in [2.24, 2.45) is 5.92 Å². The predicted octanol–water partition coefficient (Wildman–Crippen LogP) is 3.67. The standard InChI is InChI=1S/C26H29N5O4S/c1-17-3-5-19(6-4-17)16-27-22(32)15-18-11-13-31(14-12-18)26(34)25-30-29-24(36-25)23(33)28-20-7-9-21(35-2)10-8-20/h3-10,18H,11-16H2,1-2H3,(H,27,32)(H,28,33). The Kier molecular flexibility index (Phi) is 8.27. The van der Waals surface area contributed by atoms with Crippen molar-refractivity contribution < 1.29 is 19.1 Å². The molecule has 36 heavy (non-hydrogen) atoms. The number of aryl methyl sites for hydroxylation is 1. The molecule has 2 N–H and O–H groups in total. The second kappa shape index (κ2) is 11.8. The van der Waals surface area contributed by atoms with Gasteiger partial charge in [0.1, 0.15) is 5.75 Å². The number of aromatic nitrogens is 2. The number of carbonyl (C=O) groups excluding carboxylic acids is 3. The number of piperidine rings is 1. The van der Waals surface area contributed by atoms with Gasteiger partial charge in [-0.25, -0.2) is 0 Å². The molecule has 1 aromatic heterocycles. The zero-order chi connectivity index (χ0) is 25.5. The fraction of sp³-hybridized carbons (Fsp3) is 0.346. The van der Waals surface area contributed by atoms with Crippen molar-refractivity contribution in [1.82, 2.24) is 20.4 Å². The van der Waals surface area contributed by atoms with E-state index in [4.69, 9.17) is 4.74 Å². The normalized spacial score (nSPS) is 13.8. The maximum atomic E-state index is 12.9. The van der Waals surface area contributed by atoms with Gasteiger partial charge < -0.3 is 20.3 Å². The van der Waals surface area contributed by atoms with Gasteiger partial charge in [0.2, 0.25) is 15.9 Å². The molecule has 2 heterocycles. The first-order chi connectivity index (χ1) is 17.4. The molecular formula is C26H29N5O4S. The van der Waals surface area contributed by atoms with E-state index in [0.29, 0.717) is 37.5 Å². The molecule has 1 aliphatic rings. The molecule has 2 aromatic carbocycles. The van der Waals surface area contributed by atoms with Gasteiger partial charge in [-0.3, -0.25) is 14.4 Å². The van der Waals surface area contributed by atoms with Gasteiger partial charge in [0.05, 0.1) is 7.11 Å². The third kappa shape index (κ3) is 6.66. The van der Waals surface area contributed by atoms with Crippen molar-refractivity contribution in [3.05, 3.63) is 69.7 Å². The van der Waals surface area contributed by atoms with Crippen LogP contribution in [0, 0.1) is 12.8 Å². The quantitative estimate of drug-likeness (QED) is 0.481. The highest BCUT2D eigenvalue weighted by atomic mass is 32.1. The molecule has 0 aliphatic carbocycles. The van der Waals surface area contributed by atoms with Crippen molar-refractivity contribution in [2.45, 2.75) is 32.7 Å². The summed E-state index contributed by atoms with van der Waals surface area (Å²) in [6.45, 7) is 3.63. The van der Waals surface area contributed by atoms with Crippen LogP contribution < -0.4 is 15.4 Å². The van der Waals surface area contributed by atoms with Crippen LogP contribution in [-0.2, 0) is 11.3 Å². The molecule has 0 saturated carbocycles. The second-order valence-corrected chi connectivity index (χ2v) is 9.77. The van der Waals surface area contributed by atoms with Crippen molar-refractivity contribution >= 4 is 34.7 Å². The third-order valence-corrected chi connectivity index (χ3v) is 7.05. The molecule has 0 atom stereocenters. The van der Waals surface area contributed by atoms with Crippen molar-refractivity contribution in [2.75, 3.05) is 25.5 Å². The number of anilines is 1. The first-order valence-corrected chi connectivity index (χ1v) is 12.6. The summed E-state index contributed by atoms with van der Waals surface area (Å²) in [6.07, 6.45) is 1.93. The molecule has 1 fully saturated rings. The lowest BCUT2D eigenvalue weighted by Crippen LogP contribution is -2.39. The molecular weight excluding hydrogens is 478 g/mol. The van der Waals surface area contributed by atoms with Crippen LogP contribution in [0.15, 0.2) is 48.5 Å². The summed E-state index contributed by atoms with van der Waals surface area (Å²) in [5, 5.41) is 13.9. The number of amides is 3. The fourth-order valence-electron chi connectivity index (χ4n) is 3.98. The molecule has 10 heteroatoms. The lowest BCUT2D eigenvalue weighted by atomic mass is 9.93. The van der Waals surface area contributed by atoms with E-state index in [1.165, 1.54) is 5.56 Å². The average Bonchev–Trinajstić information content (AvgIpc) is 3.39. The number of methoxy groups -OCH3 is 1. The van der Waals surface area contributed by atoms with E-state index in [1.54, 1.807) is 36.3 Å². The van der Waals surface area contributed by atoms with Gasteiger partial charge in [0.15, 0.2) is 0 Å². The number of rotatable bonds is 8. The van der Waals surface area contributed by atoms with E-state index < -0.39 is 5.91 Å². The molecule has 188 valence electrons. The Balaban J connectivity index is 1.22. The Labute approximate surface area is 213 Å². The highest BCUT2D eigenvalue weighted by Crippen LogP contribution is 2.23. The van der Waals surface area contributed by atoms with Gasteiger partial charge in [0.25, 0.3) is 11.8 Å². The molecule has 0 spiro atoms. The minimum absolute atomic E-state index is 0.0250. The lowest BCUT2D eigenvalue weighted by molar-refractivity contribution is -0.122. The van der Waals surface area contributed by atoms with Crippen LogP contribution in [0.5, 0.6) is 5.75 Å². The minimum Gasteiger partial charge on any atom is -0.497 e. The number of nitrogens with one attached hydrogen (secondary N) is 2. The Morgan fingerprint density at radius 2 is 1.67 bits per heavy atom. The summed E-state index contributed by atoms with van der Waals surface area (Å²) < 4.78 is 5.11. The van der Waals surface area contributed by atoms with E-state index in [-0.39, 0.29) is 27.7 Å². The van der Waals surface area contributed by atoms with Crippen LogP contribution in [0.4, 0.5) is 5.69 Å². The van der Waals surface area contributed by atoms with Gasteiger partial charge in [0, 0.05) is 31.7 Å². The summed E-state index contributed by atoms with van der Waals surface area (Å²) in [6, 6.07) is 15.0. The highest BCUT2D eigenvalue weighted by Gasteiger charge is 2.28. The minimum atomic E-state index is -0.424. The first-order valence-electron chi connectivity index (χ1n) is 11.8. The largest absolute Gasteiger partial charge is 0.497 e. The predicted molar refractivity (Wildman–Crippen MR) is 137 cm³/mol. The molecule has 1 aliphatic heterocycles. The maximum absolute atomic E-state index is 12.9. The van der Waals surface area contributed by atoms with Gasteiger partial charge in [-0.2, -0.15) is 0 Å². The van der Waals surface area contributed by atoms with E-state index in [9.17, 15) is 14.4 Å². The second-order valence-electron chi connectivity index (χ2n) is 8.80. The smallest absolute Gasteiger partial charge is 0.286 e. The maximum Gasteiger partial charge on any atom is 0.286 e. The first kappa shape index (κ1) is 25.3. The number of benzene rings is 2. The van der Waals surface area contributed by atoms with E-state index >= 15 is 0 Å². The Bertz CT molecular complexity index is 1200. The Morgan fingerprint density at radius 1 is 1.00 bits per heavy atom. The lowest BCUT2D eigenvalue weighted by Gasteiger charge is -2.31. The van der Waals surface area contributed by atoms with Crippen molar-refractivity contribution in [3.8, 4) is 5.75 Å². The SMILES string of the molecule is COc1ccc(NC(=O)c2nnc(C(=O)N3CCC(CC(=O)NCc4ccc(C)cc4)CC3)s2)cc1. The highest BCUT2D eigenvalue weighted by molar-refractivity contribution is 7.15. The summed E-state index contributed by atoms with van der Waals surface area (Å²) in [5.74, 6) is 0.276. The third-order valence-electron chi connectivity index (χ3n) is 6.14. The van der Waals surface area contributed by atoms with Crippen LogP contribution in [0.2, 0.25) is 0 Å². The Hall–Kier alpha value is -3.79. The number of ether oxygens (including phenoxy) is 1. The summed E-state index contributed by atoms with van der Waals surface area (Å²) in [4.78, 5) is 39.5. The summed E-state index contributed by atoms with van der Waals surface area (Å²) in [7, 11) is 1.57. The van der Waals surface area contributed by atoms with Crippen LogP contribution in [0.3, 0.4) is 0 Å². The molecule has 0 bridgehead atoms. The van der Waals surface area contributed by atoms with Crippen LogP contribution in [0.1, 0.15) is 50.0 Å².